The first-order chi connectivity index (χ1) is 20.5. The molecule has 0 aliphatic carbocycles. The Balaban J connectivity index is 2.10. The third-order valence-electron chi connectivity index (χ3n) is 7.19. The van der Waals surface area contributed by atoms with Crippen molar-refractivity contribution in [1.82, 2.24) is 10.2 Å². The Morgan fingerprint density at radius 3 is 2.19 bits per heavy atom. The van der Waals surface area contributed by atoms with Crippen LogP contribution >= 0.6 is 0 Å². The predicted octanol–water partition coefficient (Wildman–Crippen LogP) is 5.24. The minimum Gasteiger partial charge on any atom is -0.493 e. The second kappa shape index (κ2) is 15.4. The predicted molar refractivity (Wildman–Crippen MR) is 169 cm³/mol. The van der Waals surface area contributed by atoms with E-state index >= 15 is 0 Å². The first-order valence-corrected chi connectivity index (χ1v) is 15.9. The summed E-state index contributed by atoms with van der Waals surface area (Å²) in [6.07, 6.45) is 2.09. The molecule has 0 bridgehead atoms. The lowest BCUT2D eigenvalue weighted by molar-refractivity contribution is -0.140. The number of aryl methyl sites for hydroxylation is 2. The molecule has 10 heteroatoms. The molecular weight excluding hydrogens is 566 g/mol. The third-order valence-corrected chi connectivity index (χ3v) is 8.98. The number of amides is 2. The van der Waals surface area contributed by atoms with Gasteiger partial charge in [0.15, 0.2) is 11.5 Å². The maximum absolute atomic E-state index is 14.2. The van der Waals surface area contributed by atoms with E-state index in [1.807, 2.05) is 52.0 Å². The van der Waals surface area contributed by atoms with E-state index in [2.05, 4.69) is 5.32 Å². The van der Waals surface area contributed by atoms with Crippen LogP contribution in [0.4, 0.5) is 5.69 Å². The van der Waals surface area contributed by atoms with Crippen LogP contribution in [0.3, 0.4) is 0 Å². The molecule has 0 radical (unpaired) electrons. The molecule has 232 valence electrons. The fourth-order valence-corrected chi connectivity index (χ4v) is 6.19. The summed E-state index contributed by atoms with van der Waals surface area (Å²) >= 11 is 0. The lowest BCUT2D eigenvalue weighted by atomic mass is 10.1. The minimum absolute atomic E-state index is 0.0373. The highest BCUT2D eigenvalue weighted by Gasteiger charge is 2.34. The molecule has 1 N–H and O–H groups in total. The number of benzene rings is 3. The Morgan fingerprint density at radius 1 is 0.884 bits per heavy atom. The van der Waals surface area contributed by atoms with Crippen LogP contribution < -0.4 is 19.1 Å². The molecule has 3 aromatic rings. The molecule has 0 fully saturated rings. The summed E-state index contributed by atoms with van der Waals surface area (Å²) in [4.78, 5) is 29.1. The van der Waals surface area contributed by atoms with E-state index in [1.54, 1.807) is 24.3 Å². The normalized spacial score (nSPS) is 11.9. The lowest BCUT2D eigenvalue weighted by Crippen LogP contribution is -2.52. The van der Waals surface area contributed by atoms with Crippen LogP contribution in [0.5, 0.6) is 11.5 Å². The van der Waals surface area contributed by atoms with Crippen LogP contribution in [0, 0.1) is 13.8 Å². The van der Waals surface area contributed by atoms with E-state index in [0.29, 0.717) is 24.5 Å². The third kappa shape index (κ3) is 8.50. The molecule has 3 rings (SSSR count). The SMILES string of the molecule is CCCCNC(=O)[C@@H](CC)N(Cc1cccc(C)c1)C(=O)CN(c1ccc(OC)c(OC)c1)S(=O)(=O)c1ccc(C)cc1. The van der Waals surface area contributed by atoms with Gasteiger partial charge in [0.25, 0.3) is 10.0 Å². The molecule has 43 heavy (non-hydrogen) atoms. The summed E-state index contributed by atoms with van der Waals surface area (Å²) in [6, 6.07) is 18.0. The fourth-order valence-electron chi connectivity index (χ4n) is 4.78. The molecule has 0 aromatic heterocycles. The van der Waals surface area contributed by atoms with Crippen molar-refractivity contribution in [3.05, 3.63) is 83.4 Å². The number of methoxy groups -OCH3 is 2. The smallest absolute Gasteiger partial charge is 0.264 e. The van der Waals surface area contributed by atoms with Gasteiger partial charge in [-0.3, -0.25) is 13.9 Å². The van der Waals surface area contributed by atoms with Crippen molar-refractivity contribution in [2.75, 3.05) is 31.6 Å². The second-order valence-electron chi connectivity index (χ2n) is 10.4. The molecule has 9 nitrogen and oxygen atoms in total. The molecule has 2 amide bonds. The topological polar surface area (TPSA) is 105 Å². The highest BCUT2D eigenvalue weighted by atomic mass is 32.2. The quantitative estimate of drug-likeness (QED) is 0.236. The van der Waals surface area contributed by atoms with Gasteiger partial charge in [-0.05, 0) is 56.5 Å². The molecule has 0 aliphatic rings. The van der Waals surface area contributed by atoms with Crippen LogP contribution in [0.2, 0.25) is 0 Å². The van der Waals surface area contributed by atoms with Crippen LogP contribution in [-0.2, 0) is 26.2 Å². The van der Waals surface area contributed by atoms with Gasteiger partial charge in [-0.2, -0.15) is 0 Å². The zero-order chi connectivity index (χ0) is 31.6. The molecule has 0 aliphatic heterocycles. The Labute approximate surface area is 255 Å². The van der Waals surface area contributed by atoms with E-state index in [1.165, 1.54) is 37.3 Å². The van der Waals surface area contributed by atoms with Gasteiger partial charge >= 0.3 is 0 Å². The van der Waals surface area contributed by atoms with E-state index in [4.69, 9.17) is 9.47 Å². The van der Waals surface area contributed by atoms with E-state index in [9.17, 15) is 18.0 Å². The summed E-state index contributed by atoms with van der Waals surface area (Å²) in [6.45, 7) is 7.81. The van der Waals surface area contributed by atoms with Gasteiger partial charge in [-0.1, -0.05) is 67.8 Å². The van der Waals surface area contributed by atoms with Crippen molar-refractivity contribution in [3.63, 3.8) is 0 Å². The van der Waals surface area contributed by atoms with Gasteiger partial charge in [-0.15, -0.1) is 0 Å². The summed E-state index contributed by atoms with van der Waals surface area (Å²) < 4.78 is 40.1. The van der Waals surface area contributed by atoms with Crippen LogP contribution in [0.15, 0.2) is 71.6 Å². The molecule has 0 unspecified atom stereocenters. The van der Waals surface area contributed by atoms with Crippen molar-refractivity contribution in [1.29, 1.82) is 0 Å². The molecular formula is C33H43N3O6S. The Hall–Kier alpha value is -4.05. The number of hydrogen-bond acceptors (Lipinski definition) is 6. The highest BCUT2D eigenvalue weighted by Crippen LogP contribution is 2.34. The number of sulfonamides is 1. The number of hydrogen-bond donors (Lipinski definition) is 1. The molecule has 0 spiro atoms. The number of rotatable bonds is 15. The van der Waals surface area contributed by atoms with E-state index in [0.717, 1.165) is 33.8 Å². The number of nitrogens with zero attached hydrogens (tertiary/aromatic N) is 2. The molecule has 1 atom stereocenters. The van der Waals surface area contributed by atoms with Gasteiger partial charge in [-0.25, -0.2) is 8.42 Å². The number of unbranched alkanes of at least 4 members (excludes halogenated alkanes) is 1. The van der Waals surface area contributed by atoms with Gasteiger partial charge in [0.2, 0.25) is 11.8 Å². The maximum Gasteiger partial charge on any atom is 0.264 e. The van der Waals surface area contributed by atoms with Crippen LogP contribution in [0.25, 0.3) is 0 Å². The Bertz CT molecular complexity index is 1490. The first-order valence-electron chi connectivity index (χ1n) is 14.5. The average molecular weight is 610 g/mol. The zero-order valence-corrected chi connectivity index (χ0v) is 26.7. The van der Waals surface area contributed by atoms with Gasteiger partial charge in [0.05, 0.1) is 24.8 Å². The monoisotopic (exact) mass is 609 g/mol. The average Bonchev–Trinajstić information content (AvgIpc) is 2.99. The number of carbonyl (C=O) groups excluding carboxylic acids is 2. The van der Waals surface area contributed by atoms with E-state index in [-0.39, 0.29) is 23.0 Å². The van der Waals surface area contributed by atoms with Crippen molar-refractivity contribution in [3.8, 4) is 11.5 Å². The summed E-state index contributed by atoms with van der Waals surface area (Å²) in [7, 11) is -1.26. The summed E-state index contributed by atoms with van der Waals surface area (Å²) in [5, 5.41) is 2.95. The zero-order valence-electron chi connectivity index (χ0n) is 25.9. The highest BCUT2D eigenvalue weighted by molar-refractivity contribution is 7.92. The van der Waals surface area contributed by atoms with Gasteiger partial charge in [0, 0.05) is 19.2 Å². The molecule has 0 heterocycles. The Morgan fingerprint density at radius 2 is 1.58 bits per heavy atom. The number of anilines is 1. The number of nitrogens with one attached hydrogen (secondary N) is 1. The lowest BCUT2D eigenvalue weighted by Gasteiger charge is -2.33. The summed E-state index contributed by atoms with van der Waals surface area (Å²) in [5.74, 6) is -0.0449. The molecule has 3 aromatic carbocycles. The number of ether oxygens (including phenoxy) is 2. The van der Waals surface area contributed by atoms with E-state index < -0.39 is 28.5 Å². The Kier molecular flexibility index (Phi) is 12.0. The van der Waals surface area contributed by atoms with Crippen LogP contribution in [-0.4, -0.2) is 58.5 Å². The largest absolute Gasteiger partial charge is 0.493 e. The van der Waals surface area contributed by atoms with Crippen molar-refractivity contribution < 1.29 is 27.5 Å². The summed E-state index contributed by atoms with van der Waals surface area (Å²) in [5.41, 5.74) is 2.98. The van der Waals surface area contributed by atoms with Gasteiger partial charge < -0.3 is 19.7 Å². The van der Waals surface area contributed by atoms with Gasteiger partial charge in [0.1, 0.15) is 12.6 Å². The molecule has 0 saturated carbocycles. The number of carbonyl (C=O) groups is 2. The van der Waals surface area contributed by atoms with Crippen molar-refractivity contribution in [2.45, 2.75) is 64.4 Å². The molecule has 0 saturated heterocycles. The standard InChI is InChI=1S/C33H43N3O6S/c1-7-9-19-34-33(38)29(8-2)35(22-26-12-10-11-25(4)20-26)32(37)23-36(27-15-18-30(41-5)31(21-27)42-6)43(39,40)28-16-13-24(3)14-17-28/h10-18,20-21,29H,7-9,19,22-23H2,1-6H3,(H,34,38)/t29-/m1/s1. The minimum atomic E-state index is -4.20. The van der Waals surface area contributed by atoms with Crippen molar-refractivity contribution in [2.24, 2.45) is 0 Å². The first kappa shape index (κ1) is 33.5. The maximum atomic E-state index is 14.2. The van der Waals surface area contributed by atoms with Crippen molar-refractivity contribution >= 4 is 27.5 Å². The fraction of sp³-hybridized carbons (Fsp3) is 0.394. The second-order valence-corrected chi connectivity index (χ2v) is 12.3. The van der Waals surface area contributed by atoms with Crippen LogP contribution in [0.1, 0.15) is 49.8 Å².